The van der Waals surface area contributed by atoms with Gasteiger partial charge >= 0.3 is 5.97 Å². The lowest BCUT2D eigenvalue weighted by Gasteiger charge is -2.20. The first-order valence-corrected chi connectivity index (χ1v) is 6.55. The van der Waals surface area contributed by atoms with Gasteiger partial charge in [0, 0.05) is 6.04 Å². The number of hydrogen-bond acceptors (Lipinski definition) is 3. The largest absolute Gasteiger partial charge is 0.466 e. The first-order valence-electron chi connectivity index (χ1n) is 6.55. The Morgan fingerprint density at radius 1 is 1.44 bits per heavy atom. The highest BCUT2D eigenvalue weighted by Gasteiger charge is 2.33. The molecule has 0 aromatic carbocycles. The maximum Gasteiger partial charge on any atom is 0.310 e. The molecule has 94 valence electrons. The number of esters is 1. The standard InChI is InChI=1S/C13H25NO2/c1-4-16-13(15)11-6-5-7-12(11)14-9-8-10(2)3/h10-12,14H,4-9H2,1-3H3/t11-,12?/m1/s1. The molecule has 2 atom stereocenters. The van der Waals surface area contributed by atoms with Crippen molar-refractivity contribution in [1.29, 1.82) is 0 Å². The molecule has 0 aliphatic heterocycles. The van der Waals surface area contributed by atoms with Crippen LogP contribution in [0.25, 0.3) is 0 Å². The lowest BCUT2D eigenvalue weighted by atomic mass is 10.0. The maximum atomic E-state index is 11.7. The van der Waals surface area contributed by atoms with Crippen LogP contribution in [-0.4, -0.2) is 25.2 Å². The molecule has 0 spiro atoms. The zero-order valence-corrected chi connectivity index (χ0v) is 10.8. The average molecular weight is 227 g/mol. The number of rotatable bonds is 6. The van der Waals surface area contributed by atoms with Gasteiger partial charge in [0.1, 0.15) is 0 Å². The molecule has 1 fully saturated rings. The third-order valence-corrected chi connectivity index (χ3v) is 3.23. The molecule has 0 radical (unpaired) electrons. The molecule has 3 heteroatoms. The number of ether oxygens (including phenoxy) is 1. The third-order valence-electron chi connectivity index (χ3n) is 3.23. The van der Waals surface area contributed by atoms with Crippen LogP contribution in [-0.2, 0) is 9.53 Å². The molecule has 1 N–H and O–H groups in total. The fourth-order valence-electron chi connectivity index (χ4n) is 2.29. The van der Waals surface area contributed by atoms with Crippen LogP contribution < -0.4 is 5.32 Å². The maximum absolute atomic E-state index is 11.7. The molecular formula is C13H25NO2. The minimum Gasteiger partial charge on any atom is -0.466 e. The molecule has 1 rings (SSSR count). The van der Waals surface area contributed by atoms with Gasteiger partial charge in [-0.3, -0.25) is 4.79 Å². The molecule has 1 unspecified atom stereocenters. The smallest absolute Gasteiger partial charge is 0.310 e. The molecule has 1 saturated carbocycles. The summed E-state index contributed by atoms with van der Waals surface area (Å²) < 4.78 is 5.10. The molecular weight excluding hydrogens is 202 g/mol. The van der Waals surface area contributed by atoms with Crippen LogP contribution >= 0.6 is 0 Å². The van der Waals surface area contributed by atoms with Crippen molar-refractivity contribution in [2.75, 3.05) is 13.2 Å². The highest BCUT2D eigenvalue weighted by molar-refractivity contribution is 5.73. The molecule has 16 heavy (non-hydrogen) atoms. The van der Waals surface area contributed by atoms with Crippen molar-refractivity contribution in [3.63, 3.8) is 0 Å². The quantitative estimate of drug-likeness (QED) is 0.708. The highest BCUT2D eigenvalue weighted by atomic mass is 16.5. The summed E-state index contributed by atoms with van der Waals surface area (Å²) in [7, 11) is 0. The summed E-state index contributed by atoms with van der Waals surface area (Å²) >= 11 is 0. The number of nitrogens with one attached hydrogen (secondary N) is 1. The van der Waals surface area contributed by atoms with Gasteiger partial charge in [0.25, 0.3) is 0 Å². The van der Waals surface area contributed by atoms with E-state index >= 15 is 0 Å². The van der Waals surface area contributed by atoms with Crippen LogP contribution in [0.15, 0.2) is 0 Å². The van der Waals surface area contributed by atoms with Gasteiger partial charge in [0.05, 0.1) is 12.5 Å². The zero-order chi connectivity index (χ0) is 12.0. The Hall–Kier alpha value is -0.570. The molecule has 3 nitrogen and oxygen atoms in total. The van der Waals surface area contributed by atoms with E-state index in [9.17, 15) is 4.79 Å². The second kappa shape index (κ2) is 6.89. The molecule has 0 saturated heterocycles. The first kappa shape index (κ1) is 13.5. The van der Waals surface area contributed by atoms with Gasteiger partial charge in [0.2, 0.25) is 0 Å². The average Bonchev–Trinajstić information content (AvgIpc) is 2.66. The Balaban J connectivity index is 2.31. The van der Waals surface area contributed by atoms with E-state index in [2.05, 4.69) is 19.2 Å². The second-order valence-electron chi connectivity index (χ2n) is 5.03. The van der Waals surface area contributed by atoms with Crippen molar-refractivity contribution >= 4 is 5.97 Å². The number of hydrogen-bond donors (Lipinski definition) is 1. The summed E-state index contributed by atoms with van der Waals surface area (Å²) in [6.45, 7) is 7.82. The molecule has 0 aromatic rings. The zero-order valence-electron chi connectivity index (χ0n) is 10.8. The third kappa shape index (κ3) is 4.12. The van der Waals surface area contributed by atoms with E-state index in [0.29, 0.717) is 12.6 Å². The van der Waals surface area contributed by atoms with E-state index in [-0.39, 0.29) is 11.9 Å². The van der Waals surface area contributed by atoms with Crippen LogP contribution in [0.2, 0.25) is 0 Å². The van der Waals surface area contributed by atoms with Crippen molar-refractivity contribution < 1.29 is 9.53 Å². The summed E-state index contributed by atoms with van der Waals surface area (Å²) in [5, 5.41) is 3.50. The van der Waals surface area contributed by atoms with E-state index < -0.39 is 0 Å². The second-order valence-corrected chi connectivity index (χ2v) is 5.03. The predicted molar refractivity (Wildman–Crippen MR) is 65.2 cm³/mol. The number of carbonyl (C=O) groups is 1. The van der Waals surface area contributed by atoms with E-state index in [0.717, 1.165) is 31.7 Å². The summed E-state index contributed by atoms with van der Waals surface area (Å²) in [6.07, 6.45) is 4.41. The molecule has 0 heterocycles. The Kier molecular flexibility index (Phi) is 5.81. The SMILES string of the molecule is CCOC(=O)[C@@H]1CCCC1NCCC(C)C. The van der Waals surface area contributed by atoms with Crippen LogP contribution in [0.4, 0.5) is 0 Å². The van der Waals surface area contributed by atoms with Gasteiger partial charge in [-0.25, -0.2) is 0 Å². The molecule has 0 bridgehead atoms. The van der Waals surface area contributed by atoms with Crippen LogP contribution in [0, 0.1) is 11.8 Å². The van der Waals surface area contributed by atoms with Crippen molar-refractivity contribution in [3.05, 3.63) is 0 Å². The van der Waals surface area contributed by atoms with Crippen molar-refractivity contribution in [3.8, 4) is 0 Å². The Labute approximate surface area is 98.9 Å². The van der Waals surface area contributed by atoms with Crippen molar-refractivity contribution in [2.45, 2.75) is 52.5 Å². The minimum atomic E-state index is -0.0120. The van der Waals surface area contributed by atoms with Gasteiger partial charge < -0.3 is 10.1 Å². The van der Waals surface area contributed by atoms with Gasteiger partial charge in [0.15, 0.2) is 0 Å². The topological polar surface area (TPSA) is 38.3 Å². The minimum absolute atomic E-state index is 0.0120. The van der Waals surface area contributed by atoms with Gasteiger partial charge in [-0.05, 0) is 38.6 Å². The van der Waals surface area contributed by atoms with Crippen LogP contribution in [0.1, 0.15) is 46.5 Å². The van der Waals surface area contributed by atoms with E-state index in [1.165, 1.54) is 6.42 Å². The fourth-order valence-corrected chi connectivity index (χ4v) is 2.29. The summed E-state index contributed by atoms with van der Waals surface area (Å²) in [5.74, 6) is 0.795. The van der Waals surface area contributed by atoms with Gasteiger partial charge in [-0.15, -0.1) is 0 Å². The normalized spacial score (nSPS) is 25.0. The molecule has 0 aromatic heterocycles. The van der Waals surface area contributed by atoms with E-state index in [1.807, 2.05) is 6.92 Å². The molecule has 0 amide bonds. The summed E-state index contributed by atoms with van der Waals surface area (Å²) in [5.41, 5.74) is 0. The van der Waals surface area contributed by atoms with Crippen LogP contribution in [0.5, 0.6) is 0 Å². The Morgan fingerprint density at radius 3 is 2.81 bits per heavy atom. The Bertz CT molecular complexity index is 216. The first-order chi connectivity index (χ1) is 7.65. The molecule has 1 aliphatic carbocycles. The Morgan fingerprint density at radius 2 is 2.19 bits per heavy atom. The van der Waals surface area contributed by atoms with E-state index in [4.69, 9.17) is 4.74 Å². The van der Waals surface area contributed by atoms with Crippen LogP contribution in [0.3, 0.4) is 0 Å². The summed E-state index contributed by atoms with van der Waals surface area (Å²) in [4.78, 5) is 11.7. The lowest BCUT2D eigenvalue weighted by Crippen LogP contribution is -2.38. The van der Waals surface area contributed by atoms with Gasteiger partial charge in [-0.1, -0.05) is 20.3 Å². The van der Waals surface area contributed by atoms with E-state index in [1.54, 1.807) is 0 Å². The van der Waals surface area contributed by atoms with Crippen molar-refractivity contribution in [2.24, 2.45) is 11.8 Å². The number of carbonyl (C=O) groups excluding carboxylic acids is 1. The highest BCUT2D eigenvalue weighted by Crippen LogP contribution is 2.26. The van der Waals surface area contributed by atoms with Crippen molar-refractivity contribution in [1.82, 2.24) is 5.32 Å². The monoisotopic (exact) mass is 227 g/mol. The lowest BCUT2D eigenvalue weighted by molar-refractivity contribution is -0.148. The van der Waals surface area contributed by atoms with Gasteiger partial charge in [-0.2, -0.15) is 0 Å². The summed E-state index contributed by atoms with van der Waals surface area (Å²) in [6, 6.07) is 0.345. The molecule has 1 aliphatic rings. The fraction of sp³-hybridized carbons (Fsp3) is 0.923. The predicted octanol–water partition coefficient (Wildman–Crippen LogP) is 2.35.